The van der Waals surface area contributed by atoms with Gasteiger partial charge in [0.1, 0.15) is 0 Å². The van der Waals surface area contributed by atoms with Crippen molar-refractivity contribution in [3.63, 3.8) is 0 Å². The smallest absolute Gasteiger partial charge is 0.0408 e. The van der Waals surface area contributed by atoms with Gasteiger partial charge in [-0.1, -0.05) is 34.5 Å². The average Bonchev–Trinajstić information content (AvgIpc) is 3.08. The molecule has 1 heterocycles. The van der Waals surface area contributed by atoms with Crippen LogP contribution in [-0.4, -0.2) is 29.6 Å². The zero-order chi connectivity index (χ0) is 14.4. The Morgan fingerprint density at radius 1 is 1.29 bits per heavy atom. The minimum absolute atomic E-state index is 0.575. The first-order valence-corrected chi connectivity index (χ1v) is 9.20. The van der Waals surface area contributed by atoms with Crippen LogP contribution in [0.25, 0.3) is 0 Å². The summed E-state index contributed by atoms with van der Waals surface area (Å²) < 4.78 is 1.18. The lowest BCUT2D eigenvalue weighted by atomic mass is 9.68. The number of nitrogens with zero attached hydrogens (tertiary/aromatic N) is 1. The first-order valence-electron chi connectivity index (χ1n) is 8.41. The fourth-order valence-corrected chi connectivity index (χ4v) is 5.65. The van der Waals surface area contributed by atoms with E-state index in [4.69, 9.17) is 0 Å². The fourth-order valence-electron chi connectivity index (χ4n) is 5.20. The zero-order valence-electron chi connectivity index (χ0n) is 12.8. The van der Waals surface area contributed by atoms with E-state index < -0.39 is 0 Å². The van der Waals surface area contributed by atoms with Crippen LogP contribution in [0.3, 0.4) is 0 Å². The summed E-state index contributed by atoms with van der Waals surface area (Å²) in [6, 6.07) is 10.3. The third-order valence-electron chi connectivity index (χ3n) is 6.29. The van der Waals surface area contributed by atoms with E-state index in [2.05, 4.69) is 57.5 Å². The van der Waals surface area contributed by atoms with Gasteiger partial charge in [0.15, 0.2) is 0 Å². The van der Waals surface area contributed by atoms with Crippen LogP contribution in [0.5, 0.6) is 0 Å². The van der Waals surface area contributed by atoms with E-state index in [1.165, 1.54) is 48.6 Å². The van der Waals surface area contributed by atoms with Gasteiger partial charge in [0.25, 0.3) is 0 Å². The van der Waals surface area contributed by atoms with Crippen LogP contribution < -0.4 is 5.32 Å². The van der Waals surface area contributed by atoms with Crippen molar-refractivity contribution < 1.29 is 0 Å². The van der Waals surface area contributed by atoms with Gasteiger partial charge < -0.3 is 5.32 Å². The van der Waals surface area contributed by atoms with Gasteiger partial charge in [-0.2, -0.15) is 0 Å². The predicted octanol–water partition coefficient (Wildman–Crippen LogP) is 3.94. The molecule has 2 saturated carbocycles. The van der Waals surface area contributed by atoms with E-state index in [0.29, 0.717) is 11.6 Å². The SMILES string of the molecule is CN1C2CCCC3CCC(NCc4cccc(Br)c4)CC321. The summed E-state index contributed by atoms with van der Waals surface area (Å²) >= 11 is 3.56. The van der Waals surface area contributed by atoms with Gasteiger partial charge in [-0.05, 0) is 62.8 Å². The number of benzene rings is 1. The molecule has 5 atom stereocenters. The average molecular weight is 349 g/mol. The maximum atomic E-state index is 3.82. The number of nitrogens with one attached hydrogen (secondary N) is 1. The summed E-state index contributed by atoms with van der Waals surface area (Å²) in [6.45, 7) is 0.999. The molecule has 2 nitrogen and oxygen atoms in total. The molecule has 0 bridgehead atoms. The van der Waals surface area contributed by atoms with Gasteiger partial charge in [0.05, 0.1) is 0 Å². The topological polar surface area (TPSA) is 15.0 Å². The molecule has 3 heteroatoms. The maximum absolute atomic E-state index is 3.82. The van der Waals surface area contributed by atoms with Crippen LogP contribution in [-0.2, 0) is 6.54 Å². The van der Waals surface area contributed by atoms with Gasteiger partial charge in [-0.3, -0.25) is 4.90 Å². The van der Waals surface area contributed by atoms with Crippen molar-refractivity contribution in [2.24, 2.45) is 5.92 Å². The van der Waals surface area contributed by atoms with Gasteiger partial charge in [0.2, 0.25) is 0 Å². The van der Waals surface area contributed by atoms with E-state index in [1.54, 1.807) is 0 Å². The van der Waals surface area contributed by atoms with Crippen LogP contribution in [0.2, 0.25) is 0 Å². The molecule has 3 aliphatic rings. The molecule has 1 spiro atoms. The molecule has 114 valence electrons. The van der Waals surface area contributed by atoms with E-state index >= 15 is 0 Å². The Hall–Kier alpha value is -0.380. The summed E-state index contributed by atoms with van der Waals surface area (Å²) in [7, 11) is 2.36. The molecule has 1 aliphatic heterocycles. The molecular formula is C18H25BrN2. The molecule has 1 aromatic carbocycles. The number of likely N-dealkylation sites (tertiary alicyclic amines) is 1. The number of hydrogen-bond donors (Lipinski definition) is 1. The minimum Gasteiger partial charge on any atom is -0.310 e. The van der Waals surface area contributed by atoms with Crippen LogP contribution in [0.4, 0.5) is 0 Å². The standard InChI is InChI=1S/C18H25BrN2/c1-21-17-7-3-5-14-8-9-16(11-18(14,17)21)20-12-13-4-2-6-15(19)10-13/h2,4,6,10,14,16-17,20H,3,5,7-9,11-12H2,1H3. The summed E-state index contributed by atoms with van der Waals surface area (Å²) in [5, 5.41) is 3.82. The lowest BCUT2D eigenvalue weighted by Gasteiger charge is -2.39. The highest BCUT2D eigenvalue weighted by molar-refractivity contribution is 9.10. The summed E-state index contributed by atoms with van der Waals surface area (Å²) in [5.74, 6) is 0.977. The summed E-state index contributed by atoms with van der Waals surface area (Å²) in [6.07, 6.45) is 8.52. The van der Waals surface area contributed by atoms with Gasteiger partial charge >= 0.3 is 0 Å². The van der Waals surface area contributed by atoms with Crippen LogP contribution >= 0.6 is 15.9 Å². The van der Waals surface area contributed by atoms with E-state index in [1.807, 2.05) is 0 Å². The molecule has 1 aromatic rings. The second-order valence-corrected chi connectivity index (χ2v) is 8.15. The van der Waals surface area contributed by atoms with Crippen molar-refractivity contribution in [1.29, 1.82) is 0 Å². The first-order chi connectivity index (χ1) is 10.2. The Balaban J connectivity index is 1.39. The second-order valence-electron chi connectivity index (χ2n) is 7.23. The molecule has 1 N–H and O–H groups in total. The molecule has 5 unspecified atom stereocenters. The lowest BCUT2D eigenvalue weighted by molar-refractivity contribution is 0.168. The molecule has 2 aliphatic carbocycles. The number of hydrogen-bond acceptors (Lipinski definition) is 2. The van der Waals surface area contributed by atoms with Crippen LogP contribution in [0.1, 0.15) is 44.1 Å². The predicted molar refractivity (Wildman–Crippen MR) is 90.2 cm³/mol. The van der Waals surface area contributed by atoms with Crippen molar-refractivity contribution in [3.05, 3.63) is 34.3 Å². The Morgan fingerprint density at radius 2 is 2.19 bits per heavy atom. The van der Waals surface area contributed by atoms with Crippen LogP contribution in [0.15, 0.2) is 28.7 Å². The van der Waals surface area contributed by atoms with Crippen molar-refractivity contribution in [3.8, 4) is 0 Å². The highest BCUT2D eigenvalue weighted by Crippen LogP contribution is 2.59. The normalized spacial score (nSPS) is 41.2. The quantitative estimate of drug-likeness (QED) is 0.832. The van der Waals surface area contributed by atoms with Crippen molar-refractivity contribution in [2.45, 2.75) is 62.7 Å². The van der Waals surface area contributed by atoms with Crippen molar-refractivity contribution >= 4 is 15.9 Å². The Bertz CT molecular complexity index is 532. The van der Waals surface area contributed by atoms with Gasteiger partial charge in [0, 0.05) is 28.6 Å². The van der Waals surface area contributed by atoms with Crippen molar-refractivity contribution in [1.82, 2.24) is 10.2 Å². The third kappa shape index (κ3) is 2.38. The summed E-state index contributed by atoms with van der Waals surface area (Å²) in [5.41, 5.74) is 1.96. The number of halogens is 1. The number of likely N-dealkylation sites (N-methyl/N-ethyl adjacent to an activating group) is 1. The molecule has 0 amide bonds. The molecular weight excluding hydrogens is 324 g/mol. The molecule has 4 rings (SSSR count). The first kappa shape index (κ1) is 14.2. The van der Waals surface area contributed by atoms with Gasteiger partial charge in [-0.25, -0.2) is 0 Å². The van der Waals surface area contributed by atoms with E-state index in [-0.39, 0.29) is 0 Å². The highest BCUT2D eigenvalue weighted by Gasteiger charge is 2.66. The van der Waals surface area contributed by atoms with Crippen molar-refractivity contribution in [2.75, 3.05) is 7.05 Å². The second kappa shape index (κ2) is 5.36. The fraction of sp³-hybridized carbons (Fsp3) is 0.667. The molecule has 3 fully saturated rings. The highest BCUT2D eigenvalue weighted by atomic mass is 79.9. The number of rotatable bonds is 3. The minimum atomic E-state index is 0.575. The third-order valence-corrected chi connectivity index (χ3v) is 6.78. The monoisotopic (exact) mass is 348 g/mol. The van der Waals surface area contributed by atoms with Crippen LogP contribution in [0, 0.1) is 5.92 Å². The Kier molecular flexibility index (Phi) is 3.63. The lowest BCUT2D eigenvalue weighted by Crippen LogP contribution is -2.45. The summed E-state index contributed by atoms with van der Waals surface area (Å²) in [4.78, 5) is 2.69. The largest absolute Gasteiger partial charge is 0.310 e. The molecule has 1 saturated heterocycles. The Labute approximate surface area is 136 Å². The molecule has 21 heavy (non-hydrogen) atoms. The zero-order valence-corrected chi connectivity index (χ0v) is 14.4. The van der Waals surface area contributed by atoms with E-state index in [9.17, 15) is 0 Å². The van der Waals surface area contributed by atoms with E-state index in [0.717, 1.165) is 18.5 Å². The molecule has 0 aromatic heterocycles. The Morgan fingerprint density at radius 3 is 3.05 bits per heavy atom. The molecule has 0 radical (unpaired) electrons. The van der Waals surface area contributed by atoms with Gasteiger partial charge in [-0.15, -0.1) is 0 Å². The maximum Gasteiger partial charge on any atom is 0.0408 e.